The average Bonchev–Trinajstić information content (AvgIpc) is 3.46. The number of hydrogen-bond donors (Lipinski definition) is 4. The van der Waals surface area contributed by atoms with E-state index in [1.807, 2.05) is 48.5 Å². The number of rotatable bonds is 10. The topological polar surface area (TPSA) is 159 Å². The molecule has 2 aromatic carbocycles. The van der Waals surface area contributed by atoms with Crippen molar-refractivity contribution < 1.29 is 24.2 Å². The first-order valence-corrected chi connectivity index (χ1v) is 10.9. The van der Waals surface area contributed by atoms with Gasteiger partial charge in [-0.1, -0.05) is 53.7 Å². The smallest absolute Gasteiger partial charge is 0.407 e. The van der Waals surface area contributed by atoms with Crippen LogP contribution in [0.15, 0.2) is 48.5 Å². The molecule has 1 aliphatic carbocycles. The number of H-pyrrole nitrogens is 1. The molecule has 4 N–H and O–H groups in total. The minimum atomic E-state index is -1.07. The Morgan fingerprint density at radius 2 is 1.74 bits per heavy atom. The van der Waals surface area contributed by atoms with Gasteiger partial charge in [-0.15, -0.1) is 10.2 Å². The van der Waals surface area contributed by atoms with Crippen LogP contribution in [0.1, 0.15) is 35.7 Å². The number of carboxylic acid groups (broad SMARTS) is 1. The van der Waals surface area contributed by atoms with E-state index in [1.54, 1.807) is 0 Å². The van der Waals surface area contributed by atoms with Gasteiger partial charge in [-0.25, -0.2) is 4.79 Å². The predicted molar refractivity (Wildman–Crippen MR) is 120 cm³/mol. The van der Waals surface area contributed by atoms with Gasteiger partial charge in [0.05, 0.1) is 0 Å². The van der Waals surface area contributed by atoms with E-state index in [1.165, 1.54) is 0 Å². The summed E-state index contributed by atoms with van der Waals surface area (Å²) in [6.45, 7) is 0.291. The number of carboxylic acids is 1. The number of alkyl carbamates (subject to hydrolysis) is 1. The third-order valence-corrected chi connectivity index (χ3v) is 5.64. The molecule has 0 radical (unpaired) electrons. The highest BCUT2D eigenvalue weighted by Gasteiger charge is 2.30. The van der Waals surface area contributed by atoms with E-state index >= 15 is 0 Å². The minimum absolute atomic E-state index is 0.0758. The zero-order valence-electron chi connectivity index (χ0n) is 18.2. The number of nitrogens with zero attached hydrogens (tertiary/aromatic N) is 3. The van der Waals surface area contributed by atoms with Crippen molar-refractivity contribution in [1.82, 2.24) is 31.3 Å². The van der Waals surface area contributed by atoms with E-state index in [9.17, 15) is 14.4 Å². The van der Waals surface area contributed by atoms with Crippen molar-refractivity contribution in [1.29, 1.82) is 0 Å². The Balaban J connectivity index is 1.36. The zero-order valence-corrected chi connectivity index (χ0v) is 18.2. The number of hydrogen-bond acceptors (Lipinski definition) is 7. The van der Waals surface area contributed by atoms with Gasteiger partial charge in [-0.3, -0.25) is 9.59 Å². The van der Waals surface area contributed by atoms with Gasteiger partial charge in [0.2, 0.25) is 5.91 Å². The van der Waals surface area contributed by atoms with E-state index in [-0.39, 0.29) is 31.9 Å². The summed E-state index contributed by atoms with van der Waals surface area (Å²) in [4.78, 5) is 36.1. The van der Waals surface area contributed by atoms with Crippen molar-refractivity contribution in [3.63, 3.8) is 0 Å². The summed E-state index contributed by atoms with van der Waals surface area (Å²) in [6, 6.07) is 14.9. The van der Waals surface area contributed by atoms with E-state index < -0.39 is 24.0 Å². The molecule has 0 spiro atoms. The van der Waals surface area contributed by atoms with Crippen molar-refractivity contribution >= 4 is 18.0 Å². The maximum atomic E-state index is 12.6. The number of aromatic nitrogens is 4. The highest BCUT2D eigenvalue weighted by atomic mass is 16.5. The Bertz CT molecular complexity index is 1120. The number of benzene rings is 2. The lowest BCUT2D eigenvalue weighted by atomic mass is 9.98. The number of aromatic amines is 1. The summed E-state index contributed by atoms with van der Waals surface area (Å²) >= 11 is 0. The quantitative estimate of drug-likeness (QED) is 0.352. The molecule has 3 aromatic rings. The van der Waals surface area contributed by atoms with E-state index in [4.69, 9.17) is 9.84 Å². The van der Waals surface area contributed by atoms with Crippen LogP contribution in [-0.2, 0) is 20.7 Å². The molecular weight excluding hydrogens is 440 g/mol. The molecule has 1 unspecified atom stereocenters. The standard InChI is InChI=1S/C23H24N6O5/c30-21(31)10-9-19(22(32)24-12-11-20-26-28-29-27-20)25-23(33)34-13-18-16-7-3-1-5-14(16)15-6-2-4-8-17(15)18/h1-8,18-19H,9-13H2,(H,24,32)(H,25,33)(H,30,31)(H,26,27,28,29). The van der Waals surface area contributed by atoms with Gasteiger partial charge in [0.1, 0.15) is 12.6 Å². The van der Waals surface area contributed by atoms with Crippen molar-refractivity contribution in [2.24, 2.45) is 0 Å². The number of fused-ring (bicyclic) bond motifs is 3. The number of amides is 2. The first-order valence-electron chi connectivity index (χ1n) is 10.9. The first-order chi connectivity index (χ1) is 16.5. The van der Waals surface area contributed by atoms with Gasteiger partial charge in [-0.05, 0) is 28.7 Å². The highest BCUT2D eigenvalue weighted by Crippen LogP contribution is 2.44. The van der Waals surface area contributed by atoms with Gasteiger partial charge in [0, 0.05) is 25.3 Å². The fraction of sp³-hybridized carbons (Fsp3) is 0.304. The lowest BCUT2D eigenvalue weighted by Gasteiger charge is -2.19. The molecule has 11 nitrogen and oxygen atoms in total. The zero-order chi connectivity index (χ0) is 23.9. The minimum Gasteiger partial charge on any atom is -0.481 e. The van der Waals surface area contributed by atoms with Crippen LogP contribution in [0.4, 0.5) is 4.79 Å². The van der Waals surface area contributed by atoms with Crippen LogP contribution >= 0.6 is 0 Å². The number of aliphatic carboxylic acids is 1. The molecule has 34 heavy (non-hydrogen) atoms. The van der Waals surface area contributed by atoms with Crippen molar-refractivity contribution in [2.75, 3.05) is 13.2 Å². The number of ether oxygens (including phenoxy) is 1. The molecule has 4 rings (SSSR count). The van der Waals surface area contributed by atoms with Crippen LogP contribution in [-0.4, -0.2) is 62.9 Å². The van der Waals surface area contributed by atoms with Crippen LogP contribution in [0.3, 0.4) is 0 Å². The van der Waals surface area contributed by atoms with Crippen molar-refractivity contribution in [3.8, 4) is 11.1 Å². The average molecular weight is 464 g/mol. The van der Waals surface area contributed by atoms with E-state index in [0.717, 1.165) is 22.3 Å². The molecule has 11 heteroatoms. The van der Waals surface area contributed by atoms with Crippen molar-refractivity contribution in [3.05, 3.63) is 65.5 Å². The molecule has 2 amide bonds. The summed E-state index contributed by atoms with van der Waals surface area (Å²) in [5.74, 6) is -1.29. The Morgan fingerprint density at radius 1 is 1.06 bits per heavy atom. The normalized spacial score (nSPS) is 12.9. The Hall–Kier alpha value is -4.28. The highest BCUT2D eigenvalue weighted by molar-refractivity contribution is 5.86. The van der Waals surface area contributed by atoms with Crippen LogP contribution in [0.5, 0.6) is 0 Å². The molecule has 1 aliphatic rings. The predicted octanol–water partition coefficient (Wildman–Crippen LogP) is 1.63. The first kappa shape index (κ1) is 22.9. The summed E-state index contributed by atoms with van der Waals surface area (Å²) in [5, 5.41) is 27.5. The maximum Gasteiger partial charge on any atom is 0.407 e. The molecule has 0 bridgehead atoms. The lowest BCUT2D eigenvalue weighted by Crippen LogP contribution is -2.47. The van der Waals surface area contributed by atoms with Crippen molar-refractivity contribution in [2.45, 2.75) is 31.2 Å². The lowest BCUT2D eigenvalue weighted by molar-refractivity contribution is -0.137. The third-order valence-electron chi connectivity index (χ3n) is 5.64. The van der Waals surface area contributed by atoms with Crippen LogP contribution in [0.2, 0.25) is 0 Å². The van der Waals surface area contributed by atoms with Gasteiger partial charge in [-0.2, -0.15) is 5.21 Å². The number of carbonyl (C=O) groups excluding carboxylic acids is 2. The third kappa shape index (κ3) is 5.37. The van der Waals surface area contributed by atoms with E-state index in [0.29, 0.717) is 12.2 Å². The summed E-state index contributed by atoms with van der Waals surface area (Å²) in [7, 11) is 0. The van der Waals surface area contributed by atoms with Crippen LogP contribution < -0.4 is 10.6 Å². The van der Waals surface area contributed by atoms with Crippen LogP contribution in [0, 0.1) is 0 Å². The van der Waals surface area contributed by atoms with Gasteiger partial charge in [0.25, 0.3) is 0 Å². The monoisotopic (exact) mass is 464 g/mol. The van der Waals surface area contributed by atoms with Crippen LogP contribution in [0.25, 0.3) is 11.1 Å². The second-order valence-corrected chi connectivity index (χ2v) is 7.82. The number of nitrogens with one attached hydrogen (secondary N) is 3. The second kappa shape index (κ2) is 10.6. The van der Waals surface area contributed by atoms with E-state index in [2.05, 4.69) is 31.3 Å². The fourth-order valence-corrected chi connectivity index (χ4v) is 4.03. The fourth-order valence-electron chi connectivity index (χ4n) is 4.03. The summed E-state index contributed by atoms with van der Waals surface area (Å²) < 4.78 is 5.48. The molecule has 1 heterocycles. The molecule has 1 atom stereocenters. The van der Waals surface area contributed by atoms with Gasteiger partial charge in [0.15, 0.2) is 5.82 Å². The number of tetrazole rings is 1. The largest absolute Gasteiger partial charge is 0.481 e. The maximum absolute atomic E-state index is 12.6. The molecule has 0 fully saturated rings. The Kier molecular flexibility index (Phi) is 7.11. The molecule has 1 aromatic heterocycles. The molecule has 0 saturated carbocycles. The molecule has 0 aliphatic heterocycles. The Labute approximate surface area is 194 Å². The molecular formula is C23H24N6O5. The second-order valence-electron chi connectivity index (χ2n) is 7.82. The SMILES string of the molecule is O=C(O)CCC(NC(=O)OCC1c2ccccc2-c2ccccc21)C(=O)NCCc1nn[nH]n1. The molecule has 0 saturated heterocycles. The Morgan fingerprint density at radius 3 is 2.35 bits per heavy atom. The van der Waals surface area contributed by atoms with Gasteiger partial charge < -0.3 is 20.5 Å². The van der Waals surface area contributed by atoms with Gasteiger partial charge >= 0.3 is 12.1 Å². The number of carbonyl (C=O) groups is 3. The summed E-state index contributed by atoms with van der Waals surface area (Å²) in [5.41, 5.74) is 4.34. The summed E-state index contributed by atoms with van der Waals surface area (Å²) in [6.07, 6.45) is -0.815. The molecule has 176 valence electrons.